The number of benzene rings is 1. The molecule has 1 aromatic heterocycles. The van der Waals surface area contributed by atoms with E-state index in [1.807, 2.05) is 6.92 Å². The van der Waals surface area contributed by atoms with Crippen LogP contribution in [0.4, 0.5) is 29.7 Å². The number of pyridine rings is 1. The second kappa shape index (κ2) is 14.0. The van der Waals surface area contributed by atoms with Gasteiger partial charge in [0.25, 0.3) is 5.91 Å². The van der Waals surface area contributed by atoms with E-state index in [-0.39, 0.29) is 38.5 Å². The highest BCUT2D eigenvalue weighted by molar-refractivity contribution is 5.97. The molecule has 1 fully saturated rings. The van der Waals surface area contributed by atoms with Gasteiger partial charge in [0.05, 0.1) is 24.4 Å². The molecule has 1 aromatic carbocycles. The number of ether oxygens (including phenoxy) is 2. The molecule has 0 spiro atoms. The summed E-state index contributed by atoms with van der Waals surface area (Å²) in [7, 11) is 0. The summed E-state index contributed by atoms with van der Waals surface area (Å²) in [6, 6.07) is 4.28. The number of cyclic esters (lactones) is 1. The Hall–Kier alpha value is -4.33. The molecule has 2 atom stereocenters. The molecule has 12 nitrogen and oxygen atoms in total. The van der Waals surface area contributed by atoms with Crippen molar-refractivity contribution in [2.24, 2.45) is 0 Å². The van der Waals surface area contributed by atoms with Crippen molar-refractivity contribution >= 4 is 35.4 Å². The van der Waals surface area contributed by atoms with Crippen LogP contribution in [0.25, 0.3) is 0 Å². The van der Waals surface area contributed by atoms with E-state index in [9.17, 15) is 28.0 Å². The lowest BCUT2D eigenvalue weighted by atomic mass is 10.2. The van der Waals surface area contributed by atoms with E-state index in [0.717, 1.165) is 17.0 Å². The molecule has 210 valence electrons. The second-order valence-corrected chi connectivity index (χ2v) is 8.66. The summed E-state index contributed by atoms with van der Waals surface area (Å²) in [5, 5.41) is 8.94. The lowest BCUT2D eigenvalue weighted by Crippen LogP contribution is -2.90. The first-order valence-electron chi connectivity index (χ1n) is 12.4. The monoisotopic (exact) mass is 549 g/mol. The number of hydrogen-bond acceptors (Lipinski definition) is 8. The Bertz CT molecular complexity index is 1160. The van der Waals surface area contributed by atoms with Crippen molar-refractivity contribution < 1.29 is 42.7 Å². The number of anilines is 2. The zero-order valence-electron chi connectivity index (χ0n) is 21.5. The minimum atomic E-state index is -0.945. The molecule has 2 aromatic rings. The molecule has 1 saturated heterocycles. The van der Waals surface area contributed by atoms with Crippen LogP contribution >= 0.6 is 0 Å². The number of hydrogen-bond donors (Lipinski definition) is 4. The largest absolute Gasteiger partial charge is 0.512 e. The van der Waals surface area contributed by atoms with Crippen LogP contribution in [0.3, 0.4) is 0 Å². The third-order valence-electron chi connectivity index (χ3n) is 5.60. The lowest BCUT2D eigenvalue weighted by Gasteiger charge is -2.17. The Kier molecular flexibility index (Phi) is 10.5. The fourth-order valence-electron chi connectivity index (χ4n) is 3.60. The SMILES string of the molecule is CCCOC(=O)[NH2+]C[C@H]1CN(c2cc(F)c(NCCNC(=O)[C@H](C)NC(=O)c3cccnc3)c(F)c2)C(=O)O1. The number of primary amides is 1. The van der Waals surface area contributed by atoms with Crippen molar-refractivity contribution in [3.8, 4) is 0 Å². The zero-order valence-corrected chi connectivity index (χ0v) is 21.5. The average Bonchev–Trinajstić information content (AvgIpc) is 3.30. The fourth-order valence-corrected chi connectivity index (χ4v) is 3.60. The van der Waals surface area contributed by atoms with E-state index >= 15 is 0 Å². The van der Waals surface area contributed by atoms with Crippen molar-refractivity contribution in [2.75, 3.05) is 43.0 Å². The van der Waals surface area contributed by atoms with E-state index in [1.165, 1.54) is 24.6 Å². The summed E-state index contributed by atoms with van der Waals surface area (Å²) in [6.45, 7) is 3.75. The topological polar surface area (TPSA) is 156 Å². The van der Waals surface area contributed by atoms with Gasteiger partial charge in [0.2, 0.25) is 5.91 Å². The van der Waals surface area contributed by atoms with Gasteiger partial charge in [0.1, 0.15) is 18.3 Å². The van der Waals surface area contributed by atoms with Crippen LogP contribution in [0.5, 0.6) is 0 Å². The highest BCUT2D eigenvalue weighted by Gasteiger charge is 2.35. The first-order valence-corrected chi connectivity index (χ1v) is 12.4. The number of carbonyl (C=O) groups excluding carboxylic acids is 4. The zero-order chi connectivity index (χ0) is 28.4. The van der Waals surface area contributed by atoms with Gasteiger partial charge >= 0.3 is 12.2 Å². The number of rotatable bonds is 12. The Morgan fingerprint density at radius 3 is 2.67 bits per heavy atom. The van der Waals surface area contributed by atoms with Crippen molar-refractivity contribution in [1.82, 2.24) is 15.6 Å². The van der Waals surface area contributed by atoms with E-state index in [2.05, 4.69) is 20.9 Å². The van der Waals surface area contributed by atoms with Crippen molar-refractivity contribution in [3.63, 3.8) is 0 Å². The van der Waals surface area contributed by atoms with Gasteiger partial charge in [0.15, 0.2) is 17.7 Å². The molecular formula is C25H31F2N6O6+. The van der Waals surface area contributed by atoms with Gasteiger partial charge in [0, 0.05) is 37.6 Å². The average molecular weight is 550 g/mol. The molecule has 5 N–H and O–H groups in total. The third-order valence-corrected chi connectivity index (χ3v) is 5.60. The number of amides is 4. The molecule has 1 aliphatic heterocycles. The quantitative estimate of drug-likeness (QED) is 0.287. The maximum absolute atomic E-state index is 14.7. The maximum atomic E-state index is 14.7. The maximum Gasteiger partial charge on any atom is 0.512 e. The van der Waals surface area contributed by atoms with Crippen molar-refractivity contribution in [2.45, 2.75) is 32.4 Å². The summed E-state index contributed by atoms with van der Waals surface area (Å²) in [4.78, 5) is 53.1. The van der Waals surface area contributed by atoms with Crippen molar-refractivity contribution in [1.29, 1.82) is 0 Å². The fraction of sp³-hybridized carbons (Fsp3) is 0.400. The Balaban J connectivity index is 1.46. The summed E-state index contributed by atoms with van der Waals surface area (Å²) in [5.41, 5.74) is -0.165. The van der Waals surface area contributed by atoms with Gasteiger partial charge in [-0.1, -0.05) is 6.92 Å². The summed E-state index contributed by atoms with van der Waals surface area (Å²) in [5.74, 6) is -2.84. The Morgan fingerprint density at radius 2 is 2.00 bits per heavy atom. The number of nitrogens with zero attached hydrogens (tertiary/aromatic N) is 2. The van der Waals surface area contributed by atoms with E-state index in [4.69, 9.17) is 9.47 Å². The summed E-state index contributed by atoms with van der Waals surface area (Å²) >= 11 is 0. The Labute approximate surface area is 223 Å². The van der Waals surface area contributed by atoms with Crippen LogP contribution in [0, 0.1) is 11.6 Å². The summed E-state index contributed by atoms with van der Waals surface area (Å²) < 4.78 is 39.5. The smallest absolute Gasteiger partial charge is 0.438 e. The highest BCUT2D eigenvalue weighted by Crippen LogP contribution is 2.28. The van der Waals surface area contributed by atoms with Crippen LogP contribution in [-0.2, 0) is 14.3 Å². The molecule has 0 saturated carbocycles. The molecule has 2 heterocycles. The number of halogens is 2. The van der Waals surface area contributed by atoms with Crippen LogP contribution in [0.1, 0.15) is 30.6 Å². The van der Waals surface area contributed by atoms with Gasteiger partial charge in [-0.25, -0.2) is 18.9 Å². The van der Waals surface area contributed by atoms with Gasteiger partial charge < -0.3 is 25.4 Å². The first-order chi connectivity index (χ1) is 18.7. The van der Waals surface area contributed by atoms with E-state index < -0.39 is 53.5 Å². The molecule has 39 heavy (non-hydrogen) atoms. The molecule has 0 radical (unpaired) electrons. The van der Waals surface area contributed by atoms with Gasteiger partial charge in [-0.2, -0.15) is 4.79 Å². The van der Waals surface area contributed by atoms with Gasteiger partial charge in [-0.15, -0.1) is 0 Å². The predicted octanol–water partition coefficient (Wildman–Crippen LogP) is 1.14. The molecular weight excluding hydrogens is 518 g/mol. The van der Waals surface area contributed by atoms with Gasteiger partial charge in [-0.3, -0.25) is 19.5 Å². The van der Waals surface area contributed by atoms with E-state index in [0.29, 0.717) is 12.0 Å². The number of nitrogens with one attached hydrogen (secondary N) is 3. The molecule has 0 bridgehead atoms. The van der Waals surface area contributed by atoms with Crippen molar-refractivity contribution in [3.05, 3.63) is 53.9 Å². The number of aromatic nitrogens is 1. The van der Waals surface area contributed by atoms with Gasteiger partial charge in [-0.05, 0) is 25.5 Å². The molecule has 3 rings (SSSR count). The highest BCUT2D eigenvalue weighted by atomic mass is 19.1. The molecule has 1 aliphatic rings. The minimum Gasteiger partial charge on any atom is -0.438 e. The van der Waals surface area contributed by atoms with Crippen LogP contribution in [0.15, 0.2) is 36.7 Å². The molecule has 0 unspecified atom stereocenters. The second-order valence-electron chi connectivity index (χ2n) is 8.66. The lowest BCUT2D eigenvalue weighted by molar-refractivity contribution is -0.576. The van der Waals surface area contributed by atoms with Crippen LogP contribution in [-0.4, -0.2) is 73.9 Å². The number of nitrogens with two attached hydrogens (primary N) is 1. The first kappa shape index (κ1) is 29.2. The standard InChI is InChI=1S/C25H30F2N6O6/c1-3-9-38-24(36)31-13-18-14-33(25(37)39-18)17-10-19(26)21(20(27)11-17)29-7-8-30-22(34)15(2)32-23(35)16-5-4-6-28-12-16/h4-6,10-12,15,18,29H,3,7-9,13-14H2,1-2H3,(H,30,34)(H,31,36)(H,32,35)/p+1/t15-,18-/m0/s1. The molecule has 0 aliphatic carbocycles. The van der Waals surface area contributed by atoms with Crippen LogP contribution in [0.2, 0.25) is 0 Å². The normalized spacial score (nSPS) is 15.3. The number of quaternary nitrogens is 1. The third kappa shape index (κ3) is 8.33. The summed E-state index contributed by atoms with van der Waals surface area (Å²) in [6.07, 6.45) is 1.58. The molecule has 14 heteroatoms. The van der Waals surface area contributed by atoms with E-state index in [1.54, 1.807) is 12.1 Å². The predicted molar refractivity (Wildman–Crippen MR) is 135 cm³/mol. The molecule has 4 amide bonds. The van der Waals surface area contributed by atoms with Crippen LogP contribution < -0.4 is 26.2 Å². The minimum absolute atomic E-state index is 0.00356. The Morgan fingerprint density at radius 1 is 1.26 bits per heavy atom. The number of carbonyl (C=O) groups is 4.